The van der Waals surface area contributed by atoms with Crippen LogP contribution < -0.4 is 5.32 Å². The lowest BCUT2D eigenvalue weighted by Gasteiger charge is -2.27. The Balaban J connectivity index is 1.68. The number of nitrogens with zero attached hydrogens (tertiary/aromatic N) is 2. The van der Waals surface area contributed by atoms with Crippen LogP contribution in [0, 0.1) is 0 Å². The van der Waals surface area contributed by atoms with Crippen molar-refractivity contribution in [1.29, 1.82) is 0 Å². The summed E-state index contributed by atoms with van der Waals surface area (Å²) in [6.07, 6.45) is 7.29. The maximum Gasteiger partial charge on any atom is 0.236 e. The molecule has 0 saturated carbocycles. The lowest BCUT2D eigenvalue weighted by molar-refractivity contribution is -0.131. The van der Waals surface area contributed by atoms with E-state index in [1.165, 1.54) is 51.6 Å². The number of nitrogens with one attached hydrogen (secondary N) is 1. The van der Waals surface area contributed by atoms with Gasteiger partial charge in [-0.05, 0) is 58.2 Å². The van der Waals surface area contributed by atoms with Crippen molar-refractivity contribution in [2.24, 2.45) is 0 Å². The first-order valence-corrected chi connectivity index (χ1v) is 8.03. The highest BCUT2D eigenvalue weighted by atomic mass is 16.2. The van der Waals surface area contributed by atoms with Crippen molar-refractivity contribution in [3.8, 4) is 0 Å². The quantitative estimate of drug-likeness (QED) is 0.838. The standard InChI is InChI=1S/C15H29N3O/c1-2-17-9-6-7-14(8-12-17)16-13-15(19)18-10-4-3-5-11-18/h14,16H,2-13H2,1H3. The summed E-state index contributed by atoms with van der Waals surface area (Å²) in [5.74, 6) is 0.302. The van der Waals surface area contributed by atoms with E-state index >= 15 is 0 Å². The van der Waals surface area contributed by atoms with E-state index in [1.807, 2.05) is 4.90 Å². The minimum atomic E-state index is 0.302. The molecule has 110 valence electrons. The minimum absolute atomic E-state index is 0.302. The van der Waals surface area contributed by atoms with Crippen LogP contribution in [0.1, 0.15) is 45.4 Å². The predicted octanol–water partition coefficient (Wildman–Crippen LogP) is 1.46. The van der Waals surface area contributed by atoms with Gasteiger partial charge in [0.1, 0.15) is 0 Å². The maximum atomic E-state index is 12.1. The summed E-state index contributed by atoms with van der Waals surface area (Å²) in [6.45, 7) is 8.24. The van der Waals surface area contributed by atoms with Crippen LogP contribution in [0.5, 0.6) is 0 Å². The molecule has 1 N–H and O–H groups in total. The van der Waals surface area contributed by atoms with E-state index in [0.29, 0.717) is 18.5 Å². The van der Waals surface area contributed by atoms with Crippen molar-refractivity contribution in [2.45, 2.75) is 51.5 Å². The third-order valence-corrected chi connectivity index (χ3v) is 4.52. The first-order valence-electron chi connectivity index (χ1n) is 8.03. The highest BCUT2D eigenvalue weighted by Crippen LogP contribution is 2.11. The monoisotopic (exact) mass is 267 g/mol. The van der Waals surface area contributed by atoms with Crippen LogP contribution in [0.3, 0.4) is 0 Å². The van der Waals surface area contributed by atoms with E-state index in [9.17, 15) is 4.79 Å². The summed E-state index contributed by atoms with van der Waals surface area (Å²) in [5, 5.41) is 3.49. The summed E-state index contributed by atoms with van der Waals surface area (Å²) >= 11 is 0. The van der Waals surface area contributed by atoms with Gasteiger partial charge in [-0.2, -0.15) is 0 Å². The Morgan fingerprint density at radius 1 is 1.05 bits per heavy atom. The van der Waals surface area contributed by atoms with Gasteiger partial charge >= 0.3 is 0 Å². The van der Waals surface area contributed by atoms with E-state index in [-0.39, 0.29) is 0 Å². The molecule has 0 aromatic heterocycles. The average Bonchev–Trinajstić information content (AvgIpc) is 2.70. The number of carbonyl (C=O) groups excluding carboxylic acids is 1. The Kier molecular flexibility index (Phi) is 6.11. The van der Waals surface area contributed by atoms with Crippen LogP contribution in [-0.4, -0.2) is 61.0 Å². The second-order valence-corrected chi connectivity index (χ2v) is 5.88. The molecule has 2 saturated heterocycles. The maximum absolute atomic E-state index is 12.1. The molecule has 2 aliphatic rings. The molecular weight excluding hydrogens is 238 g/mol. The topological polar surface area (TPSA) is 35.6 Å². The van der Waals surface area contributed by atoms with Crippen LogP contribution in [0.2, 0.25) is 0 Å². The van der Waals surface area contributed by atoms with Crippen LogP contribution in [0.4, 0.5) is 0 Å². The van der Waals surface area contributed by atoms with E-state index in [1.54, 1.807) is 0 Å². The van der Waals surface area contributed by atoms with E-state index in [4.69, 9.17) is 0 Å². The molecule has 0 aromatic carbocycles. The fraction of sp³-hybridized carbons (Fsp3) is 0.933. The van der Waals surface area contributed by atoms with Crippen LogP contribution in [-0.2, 0) is 4.79 Å². The van der Waals surface area contributed by atoms with Gasteiger partial charge in [-0.3, -0.25) is 4.79 Å². The van der Waals surface area contributed by atoms with Crippen LogP contribution >= 0.6 is 0 Å². The lowest BCUT2D eigenvalue weighted by atomic mass is 10.1. The number of likely N-dealkylation sites (tertiary alicyclic amines) is 2. The number of amides is 1. The molecule has 0 spiro atoms. The first kappa shape index (κ1) is 14.8. The Morgan fingerprint density at radius 2 is 1.84 bits per heavy atom. The Labute approximate surface area is 117 Å². The van der Waals surface area contributed by atoms with Gasteiger partial charge in [0.25, 0.3) is 0 Å². The van der Waals surface area contributed by atoms with Gasteiger partial charge in [0.15, 0.2) is 0 Å². The van der Waals surface area contributed by atoms with E-state index in [0.717, 1.165) is 19.6 Å². The molecule has 1 atom stereocenters. The number of hydrogen-bond donors (Lipinski definition) is 1. The summed E-state index contributed by atoms with van der Waals surface area (Å²) in [5.41, 5.74) is 0. The van der Waals surface area contributed by atoms with Crippen molar-refractivity contribution >= 4 is 5.91 Å². The molecule has 0 aliphatic carbocycles. The third-order valence-electron chi connectivity index (χ3n) is 4.52. The molecule has 2 rings (SSSR count). The van der Waals surface area contributed by atoms with Gasteiger partial charge in [0.05, 0.1) is 6.54 Å². The molecule has 19 heavy (non-hydrogen) atoms. The molecule has 1 amide bonds. The molecule has 0 aromatic rings. The molecule has 4 heteroatoms. The number of hydrogen-bond acceptors (Lipinski definition) is 3. The van der Waals surface area contributed by atoms with Gasteiger partial charge in [-0.25, -0.2) is 0 Å². The fourth-order valence-corrected chi connectivity index (χ4v) is 3.16. The van der Waals surface area contributed by atoms with Crippen molar-refractivity contribution < 1.29 is 4.79 Å². The van der Waals surface area contributed by atoms with Crippen LogP contribution in [0.15, 0.2) is 0 Å². The number of piperidine rings is 1. The summed E-state index contributed by atoms with van der Waals surface area (Å²) in [4.78, 5) is 16.6. The molecule has 2 aliphatic heterocycles. The van der Waals surface area contributed by atoms with Gasteiger partial charge in [-0.15, -0.1) is 0 Å². The normalized spacial score (nSPS) is 26.2. The molecule has 0 bridgehead atoms. The lowest BCUT2D eigenvalue weighted by Crippen LogP contribution is -2.44. The first-order chi connectivity index (χ1) is 9.29. The van der Waals surface area contributed by atoms with Crippen molar-refractivity contribution in [2.75, 3.05) is 39.3 Å². The van der Waals surface area contributed by atoms with Crippen LogP contribution in [0.25, 0.3) is 0 Å². The van der Waals surface area contributed by atoms with Gasteiger partial charge in [0.2, 0.25) is 5.91 Å². The minimum Gasteiger partial charge on any atom is -0.342 e. The zero-order chi connectivity index (χ0) is 13.5. The van der Waals surface area contributed by atoms with Gasteiger partial charge in [0, 0.05) is 19.1 Å². The zero-order valence-electron chi connectivity index (χ0n) is 12.4. The molecular formula is C15H29N3O. The fourth-order valence-electron chi connectivity index (χ4n) is 3.16. The van der Waals surface area contributed by atoms with Crippen molar-refractivity contribution in [1.82, 2.24) is 15.1 Å². The van der Waals surface area contributed by atoms with E-state index in [2.05, 4.69) is 17.1 Å². The summed E-state index contributed by atoms with van der Waals surface area (Å²) < 4.78 is 0. The summed E-state index contributed by atoms with van der Waals surface area (Å²) in [6, 6.07) is 0.533. The number of rotatable bonds is 4. The average molecular weight is 267 g/mol. The second kappa shape index (κ2) is 7.85. The Hall–Kier alpha value is -0.610. The Morgan fingerprint density at radius 3 is 2.58 bits per heavy atom. The highest BCUT2D eigenvalue weighted by molar-refractivity contribution is 5.78. The number of carbonyl (C=O) groups is 1. The van der Waals surface area contributed by atoms with Crippen molar-refractivity contribution in [3.63, 3.8) is 0 Å². The Bertz CT molecular complexity index is 277. The second-order valence-electron chi connectivity index (χ2n) is 5.88. The van der Waals surface area contributed by atoms with Gasteiger partial charge in [-0.1, -0.05) is 6.92 Å². The molecule has 2 heterocycles. The smallest absolute Gasteiger partial charge is 0.236 e. The molecule has 2 fully saturated rings. The molecule has 0 radical (unpaired) electrons. The molecule has 1 unspecified atom stereocenters. The largest absolute Gasteiger partial charge is 0.342 e. The highest BCUT2D eigenvalue weighted by Gasteiger charge is 2.19. The summed E-state index contributed by atoms with van der Waals surface area (Å²) in [7, 11) is 0. The third kappa shape index (κ3) is 4.77. The molecule has 4 nitrogen and oxygen atoms in total. The van der Waals surface area contributed by atoms with Crippen molar-refractivity contribution in [3.05, 3.63) is 0 Å². The predicted molar refractivity (Wildman–Crippen MR) is 78.2 cm³/mol. The van der Waals surface area contributed by atoms with Gasteiger partial charge < -0.3 is 15.1 Å². The SMILES string of the molecule is CCN1CCCC(NCC(=O)N2CCCCC2)CC1. The zero-order valence-corrected chi connectivity index (χ0v) is 12.4. The van der Waals surface area contributed by atoms with E-state index < -0.39 is 0 Å².